The molecule has 0 unspecified atom stereocenters. The molecule has 1 aliphatic carbocycles. The van der Waals surface area contributed by atoms with Gasteiger partial charge in [-0.15, -0.1) is 5.10 Å². The Labute approximate surface area is 173 Å². The van der Waals surface area contributed by atoms with E-state index in [-0.39, 0.29) is 29.6 Å². The van der Waals surface area contributed by atoms with Crippen LogP contribution in [0.4, 0.5) is 10.1 Å². The Morgan fingerprint density at radius 1 is 1.23 bits per heavy atom. The Hall–Kier alpha value is -3.49. The zero-order valence-corrected chi connectivity index (χ0v) is 16.8. The molecule has 1 aromatic heterocycles. The molecule has 1 amide bonds. The highest BCUT2D eigenvalue weighted by molar-refractivity contribution is 5.79. The van der Waals surface area contributed by atoms with Crippen LogP contribution in [0, 0.1) is 11.7 Å². The van der Waals surface area contributed by atoms with Gasteiger partial charge in [-0.05, 0) is 59.2 Å². The van der Waals surface area contributed by atoms with Crippen LogP contribution in [0.2, 0.25) is 0 Å². The number of primary amides is 1. The molecule has 4 rings (SSSR count). The summed E-state index contributed by atoms with van der Waals surface area (Å²) in [6, 6.07) is 11.9. The minimum atomic E-state index is -0.338. The molecule has 2 aromatic carbocycles. The number of carbonyl (C=O) groups excluding carboxylic acids is 1. The van der Waals surface area contributed by atoms with Crippen molar-refractivity contribution in [2.45, 2.75) is 24.8 Å². The number of methoxy groups -OCH3 is 1. The van der Waals surface area contributed by atoms with E-state index in [0.29, 0.717) is 12.2 Å². The van der Waals surface area contributed by atoms with Gasteiger partial charge in [0.2, 0.25) is 5.91 Å². The van der Waals surface area contributed by atoms with Crippen molar-refractivity contribution in [1.82, 2.24) is 20.2 Å². The van der Waals surface area contributed by atoms with E-state index in [2.05, 4.69) is 20.4 Å². The molecule has 2 N–H and O–H groups in total. The Bertz CT molecular complexity index is 1020. The van der Waals surface area contributed by atoms with Crippen molar-refractivity contribution in [2.75, 3.05) is 19.1 Å². The minimum Gasteiger partial charge on any atom is -0.495 e. The van der Waals surface area contributed by atoms with Crippen LogP contribution < -0.4 is 15.4 Å². The maximum Gasteiger partial charge on any atom is 0.221 e. The zero-order chi connectivity index (χ0) is 21.3. The molecule has 8 nitrogen and oxygen atoms in total. The standard InChI is InChI=1S/C21H23FN6O2/c1-27(18-11-15(7-10-19(18)30-2)28-12-24-25-26-28)17-9-8-16(21(23)29)20(17)13-3-5-14(22)6-4-13/h3-7,10-12,16-17,20H,8-9H2,1-2H3,(H2,23,29)/t16-,17+,20+/m1/s1. The van der Waals surface area contributed by atoms with Crippen LogP contribution in [0.3, 0.4) is 0 Å². The molecule has 3 aromatic rings. The number of benzene rings is 2. The summed E-state index contributed by atoms with van der Waals surface area (Å²) in [5.74, 6) is -0.441. The summed E-state index contributed by atoms with van der Waals surface area (Å²) in [6.07, 6.45) is 2.96. The normalized spacial score (nSPS) is 20.8. The average molecular weight is 410 g/mol. The fraction of sp³-hybridized carbons (Fsp3) is 0.333. The van der Waals surface area contributed by atoms with Crippen molar-refractivity contribution < 1.29 is 13.9 Å². The highest BCUT2D eigenvalue weighted by Gasteiger charge is 2.42. The first-order chi connectivity index (χ1) is 14.5. The lowest BCUT2D eigenvalue weighted by molar-refractivity contribution is -0.122. The average Bonchev–Trinajstić information content (AvgIpc) is 3.43. The molecule has 1 saturated carbocycles. The van der Waals surface area contributed by atoms with Crippen molar-refractivity contribution in [1.29, 1.82) is 0 Å². The van der Waals surface area contributed by atoms with E-state index >= 15 is 0 Å². The van der Waals surface area contributed by atoms with E-state index in [1.165, 1.54) is 18.5 Å². The van der Waals surface area contributed by atoms with Gasteiger partial charge in [-0.25, -0.2) is 9.07 Å². The first kappa shape index (κ1) is 19.8. The zero-order valence-electron chi connectivity index (χ0n) is 16.8. The number of aromatic nitrogens is 4. The Kier molecular flexibility index (Phi) is 5.35. The summed E-state index contributed by atoms with van der Waals surface area (Å²) in [5.41, 5.74) is 8.24. The maximum atomic E-state index is 13.5. The molecule has 1 fully saturated rings. The molecule has 1 aliphatic rings. The van der Waals surface area contributed by atoms with Crippen LogP contribution in [-0.2, 0) is 4.79 Å². The van der Waals surface area contributed by atoms with Gasteiger partial charge >= 0.3 is 0 Å². The van der Waals surface area contributed by atoms with Crippen molar-refractivity contribution in [3.63, 3.8) is 0 Å². The van der Waals surface area contributed by atoms with Gasteiger partial charge in [0.15, 0.2) is 0 Å². The third kappa shape index (κ3) is 3.58. The van der Waals surface area contributed by atoms with Gasteiger partial charge in [0.1, 0.15) is 17.9 Å². The van der Waals surface area contributed by atoms with E-state index in [4.69, 9.17) is 10.5 Å². The summed E-state index contributed by atoms with van der Waals surface area (Å²) in [5, 5.41) is 11.3. The van der Waals surface area contributed by atoms with Crippen LogP contribution in [0.1, 0.15) is 24.3 Å². The van der Waals surface area contributed by atoms with Crippen molar-refractivity contribution >= 4 is 11.6 Å². The van der Waals surface area contributed by atoms with Crippen LogP contribution >= 0.6 is 0 Å². The Morgan fingerprint density at radius 3 is 2.63 bits per heavy atom. The third-order valence-corrected chi connectivity index (χ3v) is 5.90. The number of halogens is 1. The summed E-state index contributed by atoms with van der Waals surface area (Å²) >= 11 is 0. The van der Waals surface area contributed by atoms with Crippen molar-refractivity contribution in [3.8, 4) is 11.4 Å². The number of tetrazole rings is 1. The number of ether oxygens (including phenoxy) is 1. The number of nitrogens with zero attached hydrogens (tertiary/aromatic N) is 5. The van der Waals surface area contributed by atoms with E-state index < -0.39 is 0 Å². The van der Waals surface area contributed by atoms with Crippen molar-refractivity contribution in [2.24, 2.45) is 11.7 Å². The molecule has 0 saturated heterocycles. The molecule has 0 radical (unpaired) electrons. The molecule has 9 heteroatoms. The van der Waals surface area contributed by atoms with Crippen molar-refractivity contribution in [3.05, 3.63) is 60.2 Å². The van der Waals surface area contributed by atoms with Crippen LogP contribution in [-0.4, -0.2) is 46.3 Å². The molecule has 0 aliphatic heterocycles. The number of nitrogens with two attached hydrogens (primary N) is 1. The number of amides is 1. The lowest BCUT2D eigenvalue weighted by atomic mass is 9.85. The number of carbonyl (C=O) groups is 1. The topological polar surface area (TPSA) is 99.2 Å². The van der Waals surface area contributed by atoms with Gasteiger partial charge in [-0.1, -0.05) is 12.1 Å². The van der Waals surface area contributed by atoms with Crippen LogP contribution in [0.15, 0.2) is 48.8 Å². The third-order valence-electron chi connectivity index (χ3n) is 5.90. The minimum absolute atomic E-state index is 0.0222. The number of hydrogen-bond donors (Lipinski definition) is 1. The lowest BCUT2D eigenvalue weighted by Crippen LogP contribution is -2.37. The molecule has 0 bridgehead atoms. The maximum absolute atomic E-state index is 13.5. The number of rotatable bonds is 6. The molecule has 30 heavy (non-hydrogen) atoms. The summed E-state index contributed by atoms with van der Waals surface area (Å²) in [7, 11) is 3.58. The van der Waals surface area contributed by atoms with Gasteiger partial charge < -0.3 is 15.4 Å². The van der Waals surface area contributed by atoms with Crippen LogP contribution in [0.25, 0.3) is 5.69 Å². The first-order valence-corrected chi connectivity index (χ1v) is 9.68. The molecule has 156 valence electrons. The smallest absolute Gasteiger partial charge is 0.221 e. The molecule has 3 atom stereocenters. The first-order valence-electron chi connectivity index (χ1n) is 9.68. The van der Waals surface area contributed by atoms with Gasteiger partial charge in [0.05, 0.1) is 18.5 Å². The number of hydrogen-bond acceptors (Lipinski definition) is 6. The fourth-order valence-corrected chi connectivity index (χ4v) is 4.43. The predicted molar refractivity (Wildman–Crippen MR) is 109 cm³/mol. The second-order valence-corrected chi connectivity index (χ2v) is 7.45. The van der Waals surface area contributed by atoms with Gasteiger partial charge in [-0.3, -0.25) is 4.79 Å². The van der Waals surface area contributed by atoms with Gasteiger partial charge in [-0.2, -0.15) is 0 Å². The van der Waals surface area contributed by atoms with E-state index in [0.717, 1.165) is 23.4 Å². The lowest BCUT2D eigenvalue weighted by Gasteiger charge is -2.34. The molecular weight excluding hydrogens is 387 g/mol. The van der Waals surface area contributed by atoms with Crippen LogP contribution in [0.5, 0.6) is 5.75 Å². The molecular formula is C21H23FN6O2. The van der Waals surface area contributed by atoms with Gasteiger partial charge in [0, 0.05) is 24.9 Å². The second-order valence-electron chi connectivity index (χ2n) is 7.45. The predicted octanol–water partition coefficient (Wildman–Crippen LogP) is 2.29. The molecule has 0 spiro atoms. The summed E-state index contributed by atoms with van der Waals surface area (Å²) < 4.78 is 20.6. The fourth-order valence-electron chi connectivity index (χ4n) is 4.43. The quantitative estimate of drug-likeness (QED) is 0.669. The van der Waals surface area contributed by atoms with E-state index in [9.17, 15) is 9.18 Å². The number of anilines is 1. The van der Waals surface area contributed by atoms with E-state index in [1.807, 2.05) is 25.2 Å². The Balaban J connectivity index is 1.73. The summed E-state index contributed by atoms with van der Waals surface area (Å²) in [4.78, 5) is 14.3. The highest BCUT2D eigenvalue weighted by atomic mass is 19.1. The Morgan fingerprint density at radius 2 is 2.00 bits per heavy atom. The largest absolute Gasteiger partial charge is 0.495 e. The monoisotopic (exact) mass is 410 g/mol. The van der Waals surface area contributed by atoms with E-state index in [1.54, 1.807) is 23.9 Å². The highest BCUT2D eigenvalue weighted by Crippen LogP contribution is 2.45. The van der Waals surface area contributed by atoms with Gasteiger partial charge in [0.25, 0.3) is 0 Å². The summed E-state index contributed by atoms with van der Waals surface area (Å²) in [6.45, 7) is 0. The number of likely N-dealkylation sites (N-methyl/N-ethyl adjacent to an activating group) is 1. The second kappa shape index (κ2) is 8.10. The molecule has 1 heterocycles. The SMILES string of the molecule is COc1ccc(-n2cnnn2)cc1N(C)[C@H]1CC[C@@H](C(N)=O)[C@@H]1c1ccc(F)cc1.